The first-order chi connectivity index (χ1) is 11.1. The third kappa shape index (κ3) is 4.12. The number of ether oxygens (including phenoxy) is 1. The molecule has 24 heavy (non-hydrogen) atoms. The van der Waals surface area contributed by atoms with E-state index in [2.05, 4.69) is 43.4 Å². The average molecular weight is 352 g/mol. The van der Waals surface area contributed by atoms with Crippen LogP contribution in [-0.4, -0.2) is 71.4 Å². The van der Waals surface area contributed by atoms with Crippen molar-refractivity contribution in [2.24, 2.45) is 0 Å². The van der Waals surface area contributed by atoms with E-state index in [1.165, 1.54) is 11.1 Å². The van der Waals surface area contributed by atoms with Crippen LogP contribution < -0.4 is 5.32 Å². The van der Waals surface area contributed by atoms with E-state index in [1.54, 1.807) is 6.92 Å². The molecule has 0 saturated carbocycles. The molecule has 132 valence electrons. The fourth-order valence-corrected chi connectivity index (χ4v) is 3.62. The number of nitrogens with one attached hydrogen (secondary N) is 1. The van der Waals surface area contributed by atoms with E-state index in [0.29, 0.717) is 6.42 Å². The van der Waals surface area contributed by atoms with Crippen molar-refractivity contribution in [3.8, 4) is 11.8 Å². The lowest BCUT2D eigenvalue weighted by Crippen LogP contribution is -2.47. The topological polar surface area (TPSA) is 82.0 Å². The van der Waals surface area contributed by atoms with Gasteiger partial charge in [-0.3, -0.25) is 4.79 Å². The van der Waals surface area contributed by atoms with Crippen LogP contribution in [-0.2, 0) is 9.53 Å². The molecule has 6 nitrogen and oxygen atoms in total. The molecule has 0 aromatic carbocycles. The minimum atomic E-state index is -1.25. The van der Waals surface area contributed by atoms with Crippen LogP contribution in [0, 0.1) is 11.8 Å². The van der Waals surface area contributed by atoms with Gasteiger partial charge in [-0.15, -0.1) is 19.1 Å². The minimum Gasteiger partial charge on any atom is -0.388 e. The van der Waals surface area contributed by atoms with Crippen LogP contribution in [0.15, 0.2) is 24.2 Å². The maximum atomic E-state index is 11.9. The van der Waals surface area contributed by atoms with Gasteiger partial charge in [-0.2, -0.15) is 0 Å². The van der Waals surface area contributed by atoms with Gasteiger partial charge in [0.05, 0.1) is 6.10 Å². The summed E-state index contributed by atoms with van der Waals surface area (Å²) in [6, 6.07) is 0. The fourth-order valence-electron chi connectivity index (χ4n) is 2.66. The second-order valence-corrected chi connectivity index (χ2v) is 11.0. The van der Waals surface area contributed by atoms with E-state index in [-0.39, 0.29) is 17.3 Å². The molecule has 0 radical (unpaired) electrons. The molecule has 1 fully saturated rings. The Morgan fingerprint density at radius 1 is 1.42 bits per heavy atom. The number of hydrogen-bond acceptors (Lipinski definition) is 5. The SMILES string of the molecule is C=C1NC(=O)C(C#CC)=CN1[C@@H]1O[C@H](CCP(=C)(C)C)[C@@H](O)C1O. The quantitative estimate of drug-likeness (QED) is 0.502. The fraction of sp³-hybridized carbons (Fsp3) is 0.529. The Balaban J connectivity index is 2.18. The van der Waals surface area contributed by atoms with E-state index >= 15 is 0 Å². The summed E-state index contributed by atoms with van der Waals surface area (Å²) in [5, 5.41) is 23.2. The molecule has 0 aliphatic carbocycles. The summed E-state index contributed by atoms with van der Waals surface area (Å²) in [4.78, 5) is 13.4. The van der Waals surface area contributed by atoms with Gasteiger partial charge in [0, 0.05) is 6.20 Å². The molecule has 1 saturated heterocycles. The smallest absolute Gasteiger partial charge is 0.266 e. The third-order valence-corrected chi connectivity index (χ3v) is 5.44. The van der Waals surface area contributed by atoms with Gasteiger partial charge in [0.2, 0.25) is 0 Å². The maximum Gasteiger partial charge on any atom is 0.266 e. The van der Waals surface area contributed by atoms with Gasteiger partial charge in [-0.25, -0.2) is 0 Å². The van der Waals surface area contributed by atoms with Gasteiger partial charge in [0.1, 0.15) is 23.6 Å². The Labute approximate surface area is 143 Å². The molecular formula is C17H25N2O4P. The van der Waals surface area contributed by atoms with E-state index in [9.17, 15) is 15.0 Å². The molecule has 1 amide bonds. The van der Waals surface area contributed by atoms with Crippen molar-refractivity contribution in [2.75, 3.05) is 19.5 Å². The van der Waals surface area contributed by atoms with Crippen LogP contribution in [0.2, 0.25) is 0 Å². The van der Waals surface area contributed by atoms with Crippen LogP contribution in [0.3, 0.4) is 0 Å². The van der Waals surface area contributed by atoms with Crippen molar-refractivity contribution in [3.05, 3.63) is 24.2 Å². The Bertz CT molecular complexity index is 670. The zero-order chi connectivity index (χ0) is 18.1. The zero-order valence-electron chi connectivity index (χ0n) is 14.3. The number of carbonyl (C=O) groups excluding carboxylic acids is 1. The summed E-state index contributed by atoms with van der Waals surface area (Å²) < 4.78 is 5.86. The molecule has 1 unspecified atom stereocenters. The highest BCUT2D eigenvalue weighted by molar-refractivity contribution is 7.72. The average Bonchev–Trinajstić information content (AvgIpc) is 2.75. The van der Waals surface area contributed by atoms with Crippen LogP contribution in [0.1, 0.15) is 13.3 Å². The van der Waals surface area contributed by atoms with E-state index < -0.39 is 31.4 Å². The van der Waals surface area contributed by atoms with Crippen molar-refractivity contribution < 1.29 is 19.7 Å². The lowest BCUT2D eigenvalue weighted by Gasteiger charge is -2.33. The van der Waals surface area contributed by atoms with Crippen molar-refractivity contribution in [1.29, 1.82) is 0 Å². The first kappa shape index (κ1) is 18.8. The van der Waals surface area contributed by atoms with Gasteiger partial charge in [0.25, 0.3) is 5.91 Å². The van der Waals surface area contributed by atoms with E-state index in [1.807, 2.05) is 0 Å². The lowest BCUT2D eigenvalue weighted by molar-refractivity contribution is -0.119. The Morgan fingerprint density at radius 3 is 2.67 bits per heavy atom. The zero-order valence-corrected chi connectivity index (χ0v) is 15.2. The number of carbonyl (C=O) groups is 1. The Kier molecular flexibility index (Phi) is 5.62. The predicted molar refractivity (Wildman–Crippen MR) is 96.7 cm³/mol. The number of amides is 1. The Morgan fingerprint density at radius 2 is 2.08 bits per heavy atom. The number of aliphatic hydroxyl groups excluding tert-OH is 2. The second kappa shape index (κ2) is 7.16. The van der Waals surface area contributed by atoms with Crippen molar-refractivity contribution in [3.63, 3.8) is 0 Å². The summed E-state index contributed by atoms with van der Waals surface area (Å²) in [6.07, 6.45) is 3.71. The summed E-state index contributed by atoms with van der Waals surface area (Å²) in [6.45, 7) is 8.39. The summed E-state index contributed by atoms with van der Waals surface area (Å²) in [7, 11) is 0. The molecule has 0 aromatic rings. The number of hydrogen-bond donors (Lipinski definition) is 3. The number of nitrogens with zero attached hydrogens (tertiary/aromatic N) is 1. The van der Waals surface area contributed by atoms with Crippen molar-refractivity contribution >= 4 is 19.1 Å². The number of aliphatic hydroxyl groups is 2. The molecule has 4 atom stereocenters. The first-order valence-corrected chi connectivity index (χ1v) is 10.8. The molecule has 7 heteroatoms. The van der Waals surface area contributed by atoms with Gasteiger partial charge in [-0.05, 0) is 32.8 Å². The third-order valence-electron chi connectivity index (χ3n) is 3.97. The molecule has 0 aromatic heterocycles. The van der Waals surface area contributed by atoms with Gasteiger partial charge >= 0.3 is 0 Å². The monoisotopic (exact) mass is 352 g/mol. The summed E-state index contributed by atoms with van der Waals surface area (Å²) in [5.41, 5.74) is 0.253. The highest BCUT2D eigenvalue weighted by Crippen LogP contribution is 2.38. The lowest BCUT2D eigenvalue weighted by atomic mass is 10.1. The van der Waals surface area contributed by atoms with Crippen LogP contribution in [0.5, 0.6) is 0 Å². The van der Waals surface area contributed by atoms with E-state index in [0.717, 1.165) is 6.16 Å². The largest absolute Gasteiger partial charge is 0.388 e. The highest BCUT2D eigenvalue weighted by atomic mass is 31.2. The van der Waals surface area contributed by atoms with Crippen molar-refractivity contribution in [1.82, 2.24) is 10.2 Å². The summed E-state index contributed by atoms with van der Waals surface area (Å²) in [5.74, 6) is 5.30. The molecular weight excluding hydrogens is 327 g/mol. The summed E-state index contributed by atoms with van der Waals surface area (Å²) >= 11 is 0. The molecule has 3 N–H and O–H groups in total. The van der Waals surface area contributed by atoms with Gasteiger partial charge < -0.3 is 25.2 Å². The van der Waals surface area contributed by atoms with Gasteiger partial charge in [0.15, 0.2) is 6.23 Å². The Hall–Kier alpha value is -1.51. The first-order valence-electron chi connectivity index (χ1n) is 7.76. The van der Waals surface area contributed by atoms with Crippen LogP contribution in [0.4, 0.5) is 0 Å². The van der Waals surface area contributed by atoms with E-state index in [4.69, 9.17) is 4.74 Å². The van der Waals surface area contributed by atoms with Gasteiger partial charge in [-0.1, -0.05) is 12.5 Å². The van der Waals surface area contributed by atoms with Crippen LogP contribution in [0.25, 0.3) is 0 Å². The minimum absolute atomic E-state index is 0.253. The molecule has 2 rings (SSSR count). The highest BCUT2D eigenvalue weighted by Gasteiger charge is 2.46. The number of rotatable bonds is 4. The second-order valence-electron chi connectivity index (χ2n) is 6.72. The van der Waals surface area contributed by atoms with Crippen molar-refractivity contribution in [2.45, 2.75) is 37.9 Å². The maximum absolute atomic E-state index is 11.9. The molecule has 2 heterocycles. The standard InChI is InChI=1S/C17H25N2O4P/c1-6-7-12-10-19(11(2)18-16(12)22)17-15(21)14(20)13(23-17)8-9-24(3,4)5/h10,13-15,17,20-21H,2-3,8-9H2,1,4-5H3,(H,18,22)/t13-,14-,15?,17-/m1/s1. The normalized spacial score (nSPS) is 30.5. The molecule has 2 aliphatic rings. The molecule has 2 aliphatic heterocycles. The molecule has 0 bridgehead atoms. The predicted octanol–water partition coefficient (Wildman–Crippen LogP) is 0.343. The molecule has 0 spiro atoms. The van der Waals surface area contributed by atoms with Crippen LogP contribution >= 0.6 is 6.89 Å².